The lowest BCUT2D eigenvalue weighted by Crippen LogP contribution is -2.39. The Hall–Kier alpha value is -1.68. The van der Waals surface area contributed by atoms with Crippen molar-refractivity contribution in [2.45, 2.75) is 12.2 Å². The van der Waals surface area contributed by atoms with Gasteiger partial charge in [0.15, 0.2) is 5.13 Å². The first-order valence-corrected chi connectivity index (χ1v) is 7.37. The van der Waals surface area contributed by atoms with Crippen LogP contribution in [0.3, 0.4) is 0 Å². The van der Waals surface area contributed by atoms with Gasteiger partial charge in [0.2, 0.25) is 5.91 Å². The summed E-state index contributed by atoms with van der Waals surface area (Å²) in [6.07, 6.45) is -4.42. The van der Waals surface area contributed by atoms with Gasteiger partial charge in [0.25, 0.3) is 0 Å². The van der Waals surface area contributed by atoms with Gasteiger partial charge in [-0.25, -0.2) is 4.98 Å². The molecule has 0 aliphatic heterocycles. The third-order valence-corrected chi connectivity index (χ3v) is 3.66. The van der Waals surface area contributed by atoms with Gasteiger partial charge < -0.3 is 15.8 Å². The van der Waals surface area contributed by atoms with Crippen LogP contribution in [0.15, 0.2) is 29.6 Å². The normalized spacial score (nSPS) is 12.4. The van der Waals surface area contributed by atoms with Crippen LogP contribution in [0.25, 0.3) is 11.3 Å². The first kappa shape index (κ1) is 20.4. The van der Waals surface area contributed by atoms with E-state index in [4.69, 9.17) is 10.5 Å². The SMILES string of the molecule is COCC(N)C(=O)Nc1nc(-c2cccc(C(F)(F)F)c2)cs1.Cl. The molecule has 0 aliphatic carbocycles. The third kappa shape index (κ3) is 5.17. The van der Waals surface area contributed by atoms with Gasteiger partial charge in [0, 0.05) is 18.1 Å². The molecular weight excluding hydrogens is 367 g/mol. The largest absolute Gasteiger partial charge is 0.416 e. The summed E-state index contributed by atoms with van der Waals surface area (Å²) in [6.45, 7) is 0.0533. The molecule has 1 unspecified atom stereocenters. The minimum atomic E-state index is -4.42. The number of methoxy groups -OCH3 is 1. The van der Waals surface area contributed by atoms with Crippen LogP contribution in [0, 0.1) is 0 Å². The van der Waals surface area contributed by atoms with Gasteiger partial charge in [-0.05, 0) is 12.1 Å². The highest BCUT2D eigenvalue weighted by atomic mass is 35.5. The molecule has 0 bridgehead atoms. The Bertz CT molecular complexity index is 694. The fourth-order valence-electron chi connectivity index (χ4n) is 1.77. The maximum Gasteiger partial charge on any atom is 0.416 e. The highest BCUT2D eigenvalue weighted by Crippen LogP contribution is 2.33. The lowest BCUT2D eigenvalue weighted by Gasteiger charge is -2.09. The van der Waals surface area contributed by atoms with E-state index in [1.165, 1.54) is 19.2 Å². The zero-order valence-corrected chi connectivity index (χ0v) is 14.1. The van der Waals surface area contributed by atoms with E-state index in [9.17, 15) is 18.0 Å². The highest BCUT2D eigenvalue weighted by Gasteiger charge is 2.30. The highest BCUT2D eigenvalue weighted by molar-refractivity contribution is 7.14. The van der Waals surface area contributed by atoms with Crippen LogP contribution in [-0.4, -0.2) is 30.6 Å². The minimum Gasteiger partial charge on any atom is -0.383 e. The average Bonchev–Trinajstić information content (AvgIpc) is 2.95. The van der Waals surface area contributed by atoms with Gasteiger partial charge in [0.05, 0.1) is 17.9 Å². The van der Waals surface area contributed by atoms with Crippen molar-refractivity contribution in [3.8, 4) is 11.3 Å². The van der Waals surface area contributed by atoms with E-state index >= 15 is 0 Å². The molecule has 0 spiro atoms. The second-order valence-corrected chi connectivity index (χ2v) is 5.53. The first-order valence-electron chi connectivity index (χ1n) is 6.50. The number of halogens is 4. The Morgan fingerprint density at radius 3 is 2.79 bits per heavy atom. The van der Waals surface area contributed by atoms with Gasteiger partial charge in [-0.15, -0.1) is 23.7 Å². The molecule has 2 aromatic rings. The van der Waals surface area contributed by atoms with E-state index in [0.29, 0.717) is 11.3 Å². The molecule has 1 aromatic carbocycles. The average molecular weight is 382 g/mol. The summed E-state index contributed by atoms with van der Waals surface area (Å²) in [6, 6.07) is 3.98. The summed E-state index contributed by atoms with van der Waals surface area (Å²) in [4.78, 5) is 15.8. The van der Waals surface area contributed by atoms with Crippen LogP contribution in [0.1, 0.15) is 5.56 Å². The van der Waals surface area contributed by atoms with Crippen molar-refractivity contribution >= 4 is 34.8 Å². The van der Waals surface area contributed by atoms with Crippen LogP contribution in [0.5, 0.6) is 0 Å². The van der Waals surface area contributed by atoms with E-state index in [1.54, 1.807) is 5.38 Å². The number of ether oxygens (including phenoxy) is 1. The summed E-state index contributed by atoms with van der Waals surface area (Å²) < 4.78 is 42.9. The molecule has 1 atom stereocenters. The molecule has 10 heteroatoms. The topological polar surface area (TPSA) is 77.2 Å². The summed E-state index contributed by atoms with van der Waals surface area (Å²) in [7, 11) is 1.42. The van der Waals surface area contributed by atoms with Crippen molar-refractivity contribution < 1.29 is 22.7 Å². The number of nitrogens with one attached hydrogen (secondary N) is 1. The number of hydrogen-bond acceptors (Lipinski definition) is 5. The molecule has 5 nitrogen and oxygen atoms in total. The molecule has 2 rings (SSSR count). The number of alkyl halides is 3. The predicted molar refractivity (Wildman–Crippen MR) is 88.3 cm³/mol. The lowest BCUT2D eigenvalue weighted by atomic mass is 10.1. The number of benzene rings is 1. The number of carbonyl (C=O) groups is 1. The van der Waals surface area contributed by atoms with Crippen molar-refractivity contribution in [3.63, 3.8) is 0 Å². The molecule has 24 heavy (non-hydrogen) atoms. The van der Waals surface area contributed by atoms with E-state index in [1.807, 2.05) is 0 Å². The Kier molecular flexibility index (Phi) is 7.15. The van der Waals surface area contributed by atoms with Gasteiger partial charge in [-0.2, -0.15) is 13.2 Å². The fourth-order valence-corrected chi connectivity index (χ4v) is 2.49. The van der Waals surface area contributed by atoms with E-state index in [2.05, 4.69) is 10.3 Å². The smallest absolute Gasteiger partial charge is 0.383 e. The number of aromatic nitrogens is 1. The van der Waals surface area contributed by atoms with Crippen LogP contribution in [-0.2, 0) is 15.7 Å². The monoisotopic (exact) mass is 381 g/mol. The standard InChI is InChI=1S/C14H14F3N3O2S.ClH/c1-22-6-10(18)12(21)20-13-19-11(7-23-13)8-3-2-4-9(5-8)14(15,16)17;/h2-5,7,10H,6,18H2,1H3,(H,19,20,21);1H. The minimum absolute atomic E-state index is 0. The molecule has 0 saturated carbocycles. The summed E-state index contributed by atoms with van der Waals surface area (Å²) >= 11 is 1.10. The number of carbonyl (C=O) groups excluding carboxylic acids is 1. The fraction of sp³-hybridized carbons (Fsp3) is 0.286. The summed E-state index contributed by atoms with van der Waals surface area (Å²) in [5.41, 5.74) is 5.48. The van der Waals surface area contributed by atoms with Gasteiger partial charge in [0.1, 0.15) is 6.04 Å². The Labute approximate surface area is 146 Å². The maximum absolute atomic E-state index is 12.7. The zero-order valence-electron chi connectivity index (χ0n) is 12.5. The van der Waals surface area contributed by atoms with Gasteiger partial charge >= 0.3 is 6.18 Å². The predicted octanol–water partition coefficient (Wildman–Crippen LogP) is 3.16. The van der Waals surface area contributed by atoms with Crippen molar-refractivity contribution in [1.82, 2.24) is 4.98 Å². The Morgan fingerprint density at radius 2 is 2.17 bits per heavy atom. The Morgan fingerprint density at radius 1 is 1.46 bits per heavy atom. The number of rotatable bonds is 5. The second kappa shape index (κ2) is 8.43. The number of hydrogen-bond donors (Lipinski definition) is 2. The second-order valence-electron chi connectivity index (χ2n) is 4.67. The first-order chi connectivity index (χ1) is 10.8. The van der Waals surface area contributed by atoms with Crippen molar-refractivity contribution in [3.05, 3.63) is 35.2 Å². The molecule has 0 saturated heterocycles. The number of thiazole rings is 1. The molecule has 0 aliphatic rings. The van der Waals surface area contributed by atoms with Crippen molar-refractivity contribution in [1.29, 1.82) is 0 Å². The molecule has 1 heterocycles. The van der Waals surface area contributed by atoms with Gasteiger partial charge in [-0.1, -0.05) is 12.1 Å². The number of nitrogens with zero attached hydrogens (tertiary/aromatic N) is 1. The lowest BCUT2D eigenvalue weighted by molar-refractivity contribution is -0.137. The molecule has 3 N–H and O–H groups in total. The summed E-state index contributed by atoms with van der Waals surface area (Å²) in [5.74, 6) is -0.475. The number of nitrogens with two attached hydrogens (primary N) is 1. The maximum atomic E-state index is 12.7. The van der Waals surface area contributed by atoms with Crippen LogP contribution in [0.2, 0.25) is 0 Å². The van der Waals surface area contributed by atoms with Crippen LogP contribution in [0.4, 0.5) is 18.3 Å². The molecule has 0 fully saturated rings. The molecular formula is C14H15ClF3N3O2S. The van der Waals surface area contributed by atoms with Crippen LogP contribution >= 0.6 is 23.7 Å². The van der Waals surface area contributed by atoms with E-state index in [0.717, 1.165) is 23.5 Å². The van der Waals surface area contributed by atoms with E-state index in [-0.39, 0.29) is 24.1 Å². The number of anilines is 1. The molecule has 1 amide bonds. The van der Waals surface area contributed by atoms with Gasteiger partial charge in [-0.3, -0.25) is 4.79 Å². The molecule has 132 valence electrons. The molecule has 0 radical (unpaired) electrons. The summed E-state index contributed by atoms with van der Waals surface area (Å²) in [5, 5.41) is 4.32. The zero-order chi connectivity index (χ0) is 17.0. The van der Waals surface area contributed by atoms with Crippen molar-refractivity contribution in [2.24, 2.45) is 5.73 Å². The molecule has 1 aromatic heterocycles. The third-order valence-electron chi connectivity index (χ3n) is 2.90. The Balaban J connectivity index is 0.00000288. The quantitative estimate of drug-likeness (QED) is 0.834. The number of amides is 1. The van der Waals surface area contributed by atoms with Crippen LogP contribution < -0.4 is 11.1 Å². The van der Waals surface area contributed by atoms with E-state index < -0.39 is 23.7 Å². The van der Waals surface area contributed by atoms with Crippen molar-refractivity contribution in [2.75, 3.05) is 19.0 Å².